The van der Waals surface area contributed by atoms with Crippen molar-refractivity contribution in [3.63, 3.8) is 0 Å². The molecular formula is C14H24N4O3. The van der Waals surface area contributed by atoms with Gasteiger partial charge in [0.1, 0.15) is 11.5 Å². The Hall–Kier alpha value is -1.73. The number of nitrogens with one attached hydrogen (secondary N) is 2. The van der Waals surface area contributed by atoms with Crippen molar-refractivity contribution in [3.8, 4) is 0 Å². The fourth-order valence-corrected chi connectivity index (χ4v) is 1.61. The summed E-state index contributed by atoms with van der Waals surface area (Å²) in [4.78, 5) is 20.1. The molecule has 7 nitrogen and oxygen atoms in total. The van der Waals surface area contributed by atoms with Crippen LogP contribution in [0.15, 0.2) is 12.4 Å². The van der Waals surface area contributed by atoms with Crippen molar-refractivity contribution in [2.24, 2.45) is 0 Å². The van der Waals surface area contributed by atoms with Gasteiger partial charge in [0.25, 0.3) is 5.91 Å². The van der Waals surface area contributed by atoms with Crippen molar-refractivity contribution in [2.75, 3.05) is 45.3 Å². The minimum atomic E-state index is -0.206. The Morgan fingerprint density at radius 3 is 2.86 bits per heavy atom. The molecule has 1 aromatic heterocycles. The second kappa shape index (κ2) is 11.0. The van der Waals surface area contributed by atoms with Crippen molar-refractivity contribution in [1.29, 1.82) is 0 Å². The standard InChI is InChI=1S/C14H24N4O3/c1-3-16-13-11-15-10-12(18-13)14(19)17-6-4-5-7-21-9-8-20-2/h10-11H,3-9H2,1-2H3,(H,16,18)(H,17,19). The molecule has 0 unspecified atom stereocenters. The summed E-state index contributed by atoms with van der Waals surface area (Å²) >= 11 is 0. The van der Waals surface area contributed by atoms with Crippen LogP contribution >= 0.6 is 0 Å². The van der Waals surface area contributed by atoms with Gasteiger partial charge in [-0.3, -0.25) is 9.78 Å². The monoisotopic (exact) mass is 296 g/mol. The number of hydrogen-bond acceptors (Lipinski definition) is 6. The molecule has 0 atom stereocenters. The molecule has 21 heavy (non-hydrogen) atoms. The van der Waals surface area contributed by atoms with Crippen molar-refractivity contribution in [3.05, 3.63) is 18.1 Å². The minimum Gasteiger partial charge on any atom is -0.382 e. The van der Waals surface area contributed by atoms with E-state index in [1.807, 2.05) is 6.92 Å². The Bertz CT molecular complexity index is 415. The Balaban J connectivity index is 2.17. The first-order valence-corrected chi connectivity index (χ1v) is 7.18. The second-order valence-electron chi connectivity index (χ2n) is 4.39. The number of carbonyl (C=O) groups is 1. The molecule has 0 aliphatic carbocycles. The van der Waals surface area contributed by atoms with Crippen LogP contribution in [0, 0.1) is 0 Å². The van der Waals surface area contributed by atoms with E-state index in [1.165, 1.54) is 6.20 Å². The first kappa shape index (κ1) is 17.3. The lowest BCUT2D eigenvalue weighted by atomic mass is 10.3. The van der Waals surface area contributed by atoms with Crippen molar-refractivity contribution in [2.45, 2.75) is 19.8 Å². The fourth-order valence-electron chi connectivity index (χ4n) is 1.61. The van der Waals surface area contributed by atoms with Crippen LogP contribution in [-0.2, 0) is 9.47 Å². The zero-order chi connectivity index (χ0) is 15.3. The quantitative estimate of drug-likeness (QED) is 0.594. The molecule has 0 saturated carbocycles. The van der Waals surface area contributed by atoms with Gasteiger partial charge in [0.2, 0.25) is 0 Å². The maximum Gasteiger partial charge on any atom is 0.271 e. The fraction of sp³-hybridized carbons (Fsp3) is 0.643. The molecule has 0 spiro atoms. The first-order valence-electron chi connectivity index (χ1n) is 7.18. The van der Waals surface area contributed by atoms with Gasteiger partial charge in [0.05, 0.1) is 25.6 Å². The summed E-state index contributed by atoms with van der Waals surface area (Å²) in [6.45, 7) is 5.19. The number of nitrogens with zero attached hydrogens (tertiary/aromatic N) is 2. The van der Waals surface area contributed by atoms with Crippen LogP contribution in [0.25, 0.3) is 0 Å². The van der Waals surface area contributed by atoms with Gasteiger partial charge in [0.15, 0.2) is 0 Å². The third kappa shape index (κ3) is 7.57. The highest BCUT2D eigenvalue weighted by Gasteiger charge is 2.07. The van der Waals surface area contributed by atoms with Gasteiger partial charge in [-0.2, -0.15) is 0 Å². The third-order valence-electron chi connectivity index (χ3n) is 2.66. The van der Waals surface area contributed by atoms with Crippen molar-refractivity contribution >= 4 is 11.7 Å². The van der Waals surface area contributed by atoms with Crippen LogP contribution in [0.3, 0.4) is 0 Å². The Morgan fingerprint density at radius 2 is 2.10 bits per heavy atom. The van der Waals surface area contributed by atoms with E-state index in [0.29, 0.717) is 37.9 Å². The number of hydrogen-bond donors (Lipinski definition) is 2. The molecule has 1 aromatic rings. The molecule has 118 valence electrons. The number of rotatable bonds is 11. The van der Waals surface area contributed by atoms with Crippen molar-refractivity contribution in [1.82, 2.24) is 15.3 Å². The van der Waals surface area contributed by atoms with Crippen LogP contribution in [0.4, 0.5) is 5.82 Å². The van der Waals surface area contributed by atoms with Crippen LogP contribution in [0.2, 0.25) is 0 Å². The highest BCUT2D eigenvalue weighted by atomic mass is 16.5. The van der Waals surface area contributed by atoms with Gasteiger partial charge in [-0.25, -0.2) is 4.98 Å². The average molecular weight is 296 g/mol. The number of methoxy groups -OCH3 is 1. The maximum atomic E-state index is 11.9. The maximum absolute atomic E-state index is 11.9. The number of aromatic nitrogens is 2. The van der Waals surface area contributed by atoms with E-state index < -0.39 is 0 Å². The zero-order valence-corrected chi connectivity index (χ0v) is 12.7. The van der Waals surface area contributed by atoms with Gasteiger partial charge in [-0.15, -0.1) is 0 Å². The normalized spacial score (nSPS) is 10.4. The first-order chi connectivity index (χ1) is 10.3. The molecule has 0 aromatic carbocycles. The predicted octanol–water partition coefficient (Wildman–Crippen LogP) is 1.08. The molecule has 0 aliphatic rings. The largest absolute Gasteiger partial charge is 0.382 e. The van der Waals surface area contributed by atoms with E-state index >= 15 is 0 Å². The van der Waals surface area contributed by atoms with Crippen LogP contribution in [0.5, 0.6) is 0 Å². The van der Waals surface area contributed by atoms with Crippen LogP contribution in [-0.4, -0.2) is 55.9 Å². The summed E-state index contributed by atoms with van der Waals surface area (Å²) in [5.74, 6) is 0.402. The number of amides is 1. The van der Waals surface area contributed by atoms with Gasteiger partial charge in [0, 0.05) is 26.8 Å². The molecule has 7 heteroatoms. The number of carbonyl (C=O) groups excluding carboxylic acids is 1. The molecule has 0 radical (unpaired) electrons. The molecule has 0 aliphatic heterocycles. The molecule has 0 saturated heterocycles. The number of anilines is 1. The van der Waals surface area contributed by atoms with E-state index in [4.69, 9.17) is 9.47 Å². The van der Waals surface area contributed by atoms with E-state index in [1.54, 1.807) is 13.3 Å². The number of ether oxygens (including phenoxy) is 2. The Morgan fingerprint density at radius 1 is 1.24 bits per heavy atom. The summed E-state index contributed by atoms with van der Waals surface area (Å²) < 4.78 is 10.2. The molecule has 0 bridgehead atoms. The molecule has 0 fully saturated rings. The van der Waals surface area contributed by atoms with E-state index in [-0.39, 0.29) is 5.91 Å². The summed E-state index contributed by atoms with van der Waals surface area (Å²) in [5, 5.41) is 5.84. The van der Waals surface area contributed by atoms with Gasteiger partial charge in [-0.05, 0) is 19.8 Å². The lowest BCUT2D eigenvalue weighted by molar-refractivity contribution is 0.0686. The van der Waals surface area contributed by atoms with E-state index in [9.17, 15) is 4.79 Å². The lowest BCUT2D eigenvalue weighted by Gasteiger charge is -2.07. The molecule has 1 rings (SSSR count). The second-order valence-corrected chi connectivity index (χ2v) is 4.39. The van der Waals surface area contributed by atoms with Gasteiger partial charge < -0.3 is 20.1 Å². The van der Waals surface area contributed by atoms with E-state index in [0.717, 1.165) is 19.4 Å². The van der Waals surface area contributed by atoms with E-state index in [2.05, 4.69) is 20.6 Å². The Kier molecular flexibility index (Phi) is 9.06. The van der Waals surface area contributed by atoms with Gasteiger partial charge >= 0.3 is 0 Å². The minimum absolute atomic E-state index is 0.206. The smallest absolute Gasteiger partial charge is 0.271 e. The topological polar surface area (TPSA) is 85.4 Å². The average Bonchev–Trinajstić information content (AvgIpc) is 2.50. The van der Waals surface area contributed by atoms with Gasteiger partial charge in [-0.1, -0.05) is 0 Å². The van der Waals surface area contributed by atoms with Crippen LogP contribution < -0.4 is 10.6 Å². The summed E-state index contributed by atoms with van der Waals surface area (Å²) in [6.07, 6.45) is 4.81. The van der Waals surface area contributed by atoms with Crippen LogP contribution in [0.1, 0.15) is 30.3 Å². The Labute approximate surface area is 125 Å². The summed E-state index contributed by atoms with van der Waals surface area (Å²) in [7, 11) is 1.65. The lowest BCUT2D eigenvalue weighted by Crippen LogP contribution is -2.26. The zero-order valence-electron chi connectivity index (χ0n) is 12.7. The highest BCUT2D eigenvalue weighted by molar-refractivity contribution is 5.92. The van der Waals surface area contributed by atoms with Crippen molar-refractivity contribution < 1.29 is 14.3 Å². The number of unbranched alkanes of at least 4 members (excludes halogenated alkanes) is 1. The summed E-state index contributed by atoms with van der Waals surface area (Å²) in [6, 6.07) is 0. The summed E-state index contributed by atoms with van der Waals surface area (Å²) in [5.41, 5.74) is 0.324. The third-order valence-corrected chi connectivity index (χ3v) is 2.66. The molecule has 2 N–H and O–H groups in total. The molecular weight excluding hydrogens is 272 g/mol. The molecule has 1 heterocycles. The molecule has 1 amide bonds. The predicted molar refractivity (Wildman–Crippen MR) is 80.5 cm³/mol. The highest BCUT2D eigenvalue weighted by Crippen LogP contribution is 2.01. The SMILES string of the molecule is CCNc1cncc(C(=O)NCCCCOCCOC)n1.